The van der Waals surface area contributed by atoms with E-state index in [4.69, 9.17) is 0 Å². The summed E-state index contributed by atoms with van der Waals surface area (Å²) in [5.74, 6) is -11.8. The molecule has 23 heteroatoms. The maximum Gasteiger partial charge on any atom is 0.340 e. The molecule has 0 spiro atoms. The van der Waals surface area contributed by atoms with Crippen molar-refractivity contribution in [3.63, 3.8) is 0 Å². The quantitative estimate of drug-likeness (QED) is 0.0259. The van der Waals surface area contributed by atoms with Crippen molar-refractivity contribution < 1.29 is 51.6 Å². The number of hydrogen-bond acceptors (Lipinski definition) is 11. The van der Waals surface area contributed by atoms with Crippen LogP contribution in [0.1, 0.15) is 189 Å². The fourth-order valence-corrected chi connectivity index (χ4v) is 11.5. The van der Waals surface area contributed by atoms with Crippen LogP contribution in [-0.4, -0.2) is 104 Å². The minimum absolute atomic E-state index is 0.0267. The van der Waals surface area contributed by atoms with E-state index >= 15 is 17.9 Å². The highest BCUT2D eigenvalue weighted by Crippen LogP contribution is 2.39. The van der Waals surface area contributed by atoms with Gasteiger partial charge >= 0.3 is 5.91 Å². The number of halogens is 4. The van der Waals surface area contributed by atoms with Crippen LogP contribution in [0.15, 0.2) is 9.98 Å². The number of unbranched alkanes of at least 4 members (excludes halogenated alkanes) is 20. The first kappa shape index (κ1) is 56.2. The first-order chi connectivity index (χ1) is 28.3. The van der Waals surface area contributed by atoms with Gasteiger partial charge in [0, 0.05) is 15.6 Å². The summed E-state index contributed by atoms with van der Waals surface area (Å²) < 4.78 is 171. The molecule has 0 saturated heterocycles. The van der Waals surface area contributed by atoms with E-state index in [2.05, 4.69) is 9.98 Å². The van der Waals surface area contributed by atoms with Gasteiger partial charge < -0.3 is 0 Å². The van der Waals surface area contributed by atoms with Gasteiger partial charge in [0.15, 0.2) is 0 Å². The van der Waals surface area contributed by atoms with Crippen LogP contribution in [0.5, 0.6) is 0 Å². The Morgan fingerprint density at radius 3 is 1.03 bits per heavy atom. The summed E-state index contributed by atoms with van der Waals surface area (Å²) in [6.45, 7) is 7.94. The molecule has 60 heavy (non-hydrogen) atoms. The highest BCUT2D eigenvalue weighted by Gasteiger charge is 2.64. The monoisotopic (exact) mass is 947 g/mol. The molecule has 1 aliphatic heterocycles. The Morgan fingerprint density at radius 1 is 0.433 bits per heavy atom. The Kier molecular flexibility index (Phi) is 26.3. The molecule has 0 aromatic rings. The highest BCUT2D eigenvalue weighted by atomic mass is 32.2. The predicted octanol–water partition coefficient (Wildman–Crippen LogP) is 9.15. The largest absolute Gasteiger partial charge is 0.340 e. The standard InChI is InChI=1S/C37H73F4N7O8S4/c1-6-11-15-19-23-27-31-57(49,50)45(38)35-42-36(46(39)58(51,52)32-28-24-20-16-12-7-2)44(10-5)37(43-35,47(40)59(53,54)33-29-25-21-17-13-8-3)48(41)60(55,56)34-30-26-22-18-14-9-4/h6-34H2,1-5H3. The molecular formula is C37H73F4N7O8S4. The number of sulfonamides is 4. The van der Waals surface area contributed by atoms with Crippen molar-refractivity contribution in [2.24, 2.45) is 9.98 Å². The third kappa shape index (κ3) is 17.4. The summed E-state index contributed by atoms with van der Waals surface area (Å²) in [6, 6.07) is 0. The van der Waals surface area contributed by atoms with Crippen LogP contribution in [-0.2, 0) is 40.1 Å². The maximum atomic E-state index is 17.2. The van der Waals surface area contributed by atoms with Crippen molar-refractivity contribution in [3.05, 3.63) is 0 Å². The van der Waals surface area contributed by atoms with Crippen molar-refractivity contribution in [3.8, 4) is 0 Å². The molecule has 0 aliphatic carbocycles. The summed E-state index contributed by atoms with van der Waals surface area (Å²) in [6.07, 6.45) is 12.8. The Balaban J connectivity index is 4.03. The van der Waals surface area contributed by atoms with Gasteiger partial charge in [-0.2, -0.15) is 9.98 Å². The lowest BCUT2D eigenvalue weighted by Gasteiger charge is -2.46. The Bertz CT molecular complexity index is 1690. The maximum absolute atomic E-state index is 17.2. The lowest BCUT2D eigenvalue weighted by molar-refractivity contribution is -0.195. The number of rotatable bonds is 35. The van der Waals surface area contributed by atoms with Crippen molar-refractivity contribution in [1.29, 1.82) is 0 Å². The first-order valence-electron chi connectivity index (χ1n) is 22.0. The summed E-state index contributed by atoms with van der Waals surface area (Å²) in [4.78, 5) is 6.94. The van der Waals surface area contributed by atoms with Crippen molar-refractivity contribution >= 4 is 52.0 Å². The molecule has 0 aromatic heterocycles. The van der Waals surface area contributed by atoms with E-state index in [1.165, 1.54) is 0 Å². The number of hydrogen-bond donors (Lipinski definition) is 0. The second-order valence-electron chi connectivity index (χ2n) is 15.4. The van der Waals surface area contributed by atoms with E-state index < -0.39 is 106 Å². The van der Waals surface area contributed by atoms with Gasteiger partial charge in [0.25, 0.3) is 32.0 Å². The third-order valence-corrected chi connectivity index (χ3v) is 16.1. The zero-order valence-electron chi connectivity index (χ0n) is 36.5. The molecule has 0 fully saturated rings. The summed E-state index contributed by atoms with van der Waals surface area (Å²) in [5.41, 5.74) is 0. The minimum atomic E-state index is -5.48. The molecule has 0 atom stereocenters. The average Bonchev–Trinajstić information content (AvgIpc) is 3.21. The van der Waals surface area contributed by atoms with E-state index in [9.17, 15) is 33.7 Å². The minimum Gasteiger partial charge on any atom is -0.284 e. The lowest BCUT2D eigenvalue weighted by atomic mass is 10.1. The van der Waals surface area contributed by atoms with Gasteiger partial charge in [-0.1, -0.05) is 174 Å². The van der Waals surface area contributed by atoms with Crippen molar-refractivity contribution in [2.75, 3.05) is 29.6 Å². The molecule has 15 nitrogen and oxygen atoms in total. The van der Waals surface area contributed by atoms with Gasteiger partial charge in [0.2, 0.25) is 20.0 Å². The molecule has 356 valence electrons. The lowest BCUT2D eigenvalue weighted by Crippen LogP contribution is -2.72. The Morgan fingerprint density at radius 2 is 0.717 bits per heavy atom. The molecule has 0 bridgehead atoms. The van der Waals surface area contributed by atoms with Crippen LogP contribution >= 0.6 is 0 Å². The molecule has 1 rings (SSSR count). The molecule has 0 aromatic carbocycles. The number of aliphatic imine (C=N–C) groups is 2. The zero-order chi connectivity index (χ0) is 45.5. The van der Waals surface area contributed by atoms with E-state index in [0.717, 1.165) is 84.0 Å². The van der Waals surface area contributed by atoms with E-state index in [1.54, 1.807) is 0 Å². The Labute approximate surface area is 359 Å². The zero-order valence-corrected chi connectivity index (χ0v) is 39.8. The number of nitrogens with zero attached hydrogens (tertiary/aromatic N) is 7. The second kappa shape index (κ2) is 28.1. The topological polar surface area (TPSA) is 177 Å². The molecule has 0 unspecified atom stereocenters. The molecule has 1 heterocycles. The van der Waals surface area contributed by atoms with Gasteiger partial charge in [-0.3, -0.25) is 4.90 Å². The average molecular weight is 948 g/mol. The predicted molar refractivity (Wildman–Crippen MR) is 230 cm³/mol. The highest BCUT2D eigenvalue weighted by molar-refractivity contribution is 7.90. The van der Waals surface area contributed by atoms with Gasteiger partial charge in [0.05, 0.1) is 23.0 Å². The first-order valence-corrected chi connectivity index (χ1v) is 28.4. The summed E-state index contributed by atoms with van der Waals surface area (Å²) in [5, 5.41) is 0. The fraction of sp³-hybridized carbons (Fsp3) is 0.946. The Hall–Kier alpha value is -1.82. The van der Waals surface area contributed by atoms with Gasteiger partial charge in [-0.25, -0.2) is 33.7 Å². The van der Waals surface area contributed by atoms with Gasteiger partial charge in [0.1, 0.15) is 0 Å². The van der Waals surface area contributed by atoms with Crippen LogP contribution in [0.4, 0.5) is 17.9 Å². The third-order valence-electron chi connectivity index (χ3n) is 10.2. The van der Waals surface area contributed by atoms with Gasteiger partial charge in [-0.05, 0) is 32.6 Å². The van der Waals surface area contributed by atoms with E-state index in [1.807, 2.05) is 27.7 Å². The van der Waals surface area contributed by atoms with Gasteiger partial charge in [-0.15, -0.1) is 8.96 Å². The van der Waals surface area contributed by atoms with E-state index in [0.29, 0.717) is 38.5 Å². The smallest absolute Gasteiger partial charge is 0.284 e. The summed E-state index contributed by atoms with van der Waals surface area (Å²) in [7, 11) is -21.3. The normalized spacial score (nSPS) is 15.2. The summed E-state index contributed by atoms with van der Waals surface area (Å²) >= 11 is 0. The number of guanidine groups is 2. The molecule has 0 N–H and O–H groups in total. The molecular weight excluding hydrogens is 875 g/mol. The second-order valence-corrected chi connectivity index (χ2v) is 22.9. The SMILES string of the molecule is CCCCCCCCS(=O)(=O)N(F)C1=NC(N(F)S(=O)(=O)CCCCCCCC)(N(F)S(=O)(=O)CCCCCCCC)N(CC)C(N(F)S(=O)(=O)CCCCCCCC)=N1. The molecule has 0 amide bonds. The van der Waals surface area contributed by atoms with Crippen LogP contribution in [0, 0.1) is 0 Å². The van der Waals surface area contributed by atoms with Crippen LogP contribution in [0.25, 0.3) is 0 Å². The van der Waals surface area contributed by atoms with Crippen LogP contribution < -0.4 is 0 Å². The van der Waals surface area contributed by atoms with Crippen molar-refractivity contribution in [2.45, 2.75) is 195 Å². The molecule has 0 saturated carbocycles. The molecule has 1 aliphatic rings. The fourth-order valence-electron chi connectivity index (χ4n) is 6.60. The van der Waals surface area contributed by atoms with E-state index in [-0.39, 0.29) is 43.4 Å². The van der Waals surface area contributed by atoms with Crippen LogP contribution in [0.2, 0.25) is 0 Å². The van der Waals surface area contributed by atoms with Crippen molar-refractivity contribution in [1.82, 2.24) is 23.0 Å². The molecule has 0 radical (unpaired) electrons. The van der Waals surface area contributed by atoms with Crippen LogP contribution in [0.3, 0.4) is 0 Å².